The molecule has 1 N–H and O–H groups in total. The van der Waals surface area contributed by atoms with Crippen LogP contribution in [0.15, 0.2) is 71.4 Å². The van der Waals surface area contributed by atoms with Gasteiger partial charge in [0.05, 0.1) is 48.4 Å². The summed E-state index contributed by atoms with van der Waals surface area (Å²) in [6.45, 7) is 5.33. The van der Waals surface area contributed by atoms with Crippen LogP contribution in [-0.2, 0) is 28.6 Å². The number of alkyl halides is 6. The summed E-state index contributed by atoms with van der Waals surface area (Å²) in [7, 11) is 0.110. The fraction of sp³-hybridized carbons (Fsp3) is 0.462. The number of hydrogen-bond acceptors (Lipinski definition) is 5. The minimum absolute atomic E-state index is 0.0730. The Labute approximate surface area is 316 Å². The maximum Gasteiger partial charge on any atom is 0.419 e. The van der Waals surface area contributed by atoms with Gasteiger partial charge >= 0.3 is 6.18 Å². The highest BCUT2D eigenvalue weighted by Crippen LogP contribution is 2.39. The highest BCUT2D eigenvalue weighted by atomic mass is 32.2. The molecule has 2 aliphatic heterocycles. The number of piperidine rings is 1. The number of hydrogen-bond donors (Lipinski definition) is 1. The lowest BCUT2D eigenvalue weighted by Gasteiger charge is -2.35. The van der Waals surface area contributed by atoms with Crippen LogP contribution in [0.2, 0.25) is 0 Å². The van der Waals surface area contributed by atoms with Crippen LogP contribution in [-0.4, -0.2) is 74.4 Å². The summed E-state index contributed by atoms with van der Waals surface area (Å²) in [5.41, 5.74) is 0.840. The van der Waals surface area contributed by atoms with Gasteiger partial charge in [0.2, 0.25) is 0 Å². The van der Waals surface area contributed by atoms with Crippen LogP contribution in [0.4, 0.5) is 26.3 Å². The van der Waals surface area contributed by atoms with Crippen LogP contribution in [0.5, 0.6) is 5.75 Å². The minimum Gasteiger partial charge on any atom is -0.488 e. The highest BCUT2D eigenvalue weighted by molar-refractivity contribution is 7.83. The molecule has 0 bridgehead atoms. The van der Waals surface area contributed by atoms with Gasteiger partial charge in [-0.2, -0.15) is 18.3 Å². The van der Waals surface area contributed by atoms with E-state index >= 15 is 0 Å². The smallest absolute Gasteiger partial charge is 0.419 e. The zero-order valence-corrected chi connectivity index (χ0v) is 32.0. The van der Waals surface area contributed by atoms with Crippen molar-refractivity contribution in [3.63, 3.8) is 0 Å². The molecule has 2 aromatic rings. The number of carbonyl (C=O) groups is 1. The van der Waals surface area contributed by atoms with E-state index in [1.165, 1.54) is 29.4 Å². The van der Waals surface area contributed by atoms with Gasteiger partial charge in [-0.3, -0.25) is 13.6 Å². The van der Waals surface area contributed by atoms with Gasteiger partial charge in [-0.25, -0.2) is 22.6 Å². The van der Waals surface area contributed by atoms with E-state index in [1.54, 1.807) is 25.2 Å². The summed E-state index contributed by atoms with van der Waals surface area (Å²) >= 11 is 0. The van der Waals surface area contributed by atoms with Crippen molar-refractivity contribution in [3.05, 3.63) is 88.8 Å². The third kappa shape index (κ3) is 13.5. The van der Waals surface area contributed by atoms with E-state index in [4.69, 9.17) is 14.6 Å². The lowest BCUT2D eigenvalue weighted by molar-refractivity contribution is -0.139. The fourth-order valence-electron chi connectivity index (χ4n) is 5.53. The van der Waals surface area contributed by atoms with Crippen LogP contribution >= 0.6 is 0 Å². The topological polar surface area (TPSA) is 97.0 Å². The molecule has 0 spiro atoms. The van der Waals surface area contributed by atoms with Gasteiger partial charge in [-0.05, 0) is 80.7 Å². The number of nitrogens with zero attached hydrogens (tertiary/aromatic N) is 4. The molecule has 8 nitrogen and oxygen atoms in total. The summed E-state index contributed by atoms with van der Waals surface area (Å²) in [6.07, 6.45) is 13.3. The number of halogens is 6. The summed E-state index contributed by atoms with van der Waals surface area (Å²) in [6, 6.07) is 3.77. The zero-order chi connectivity index (χ0) is 40.3. The van der Waals surface area contributed by atoms with E-state index in [0.29, 0.717) is 42.4 Å². The Morgan fingerprint density at radius 3 is 2.37 bits per heavy atom. The van der Waals surface area contributed by atoms with Gasteiger partial charge in [-0.15, -0.1) is 0 Å². The number of rotatable bonds is 11. The van der Waals surface area contributed by atoms with Crippen molar-refractivity contribution < 1.29 is 45.2 Å². The molecule has 0 amide bonds. The molecule has 1 atom stereocenters. The van der Waals surface area contributed by atoms with E-state index in [0.717, 1.165) is 51.8 Å². The molecular weight excluding hydrogens is 735 g/mol. The quantitative estimate of drug-likeness (QED) is 0.140. The van der Waals surface area contributed by atoms with Crippen molar-refractivity contribution in [1.82, 2.24) is 14.1 Å². The monoisotopic (exact) mass is 782 g/mol. The van der Waals surface area contributed by atoms with Gasteiger partial charge < -0.3 is 9.84 Å². The molecule has 15 heteroatoms. The first-order valence-corrected chi connectivity index (χ1v) is 18.4. The summed E-state index contributed by atoms with van der Waals surface area (Å²) in [5, 5.41) is 12.0. The Hall–Kier alpha value is -4.42. The number of carboxylic acid groups (broad SMARTS) is 1. The van der Waals surface area contributed by atoms with Crippen LogP contribution in [0.3, 0.4) is 0 Å². The van der Waals surface area contributed by atoms with Gasteiger partial charge in [0.25, 0.3) is 5.97 Å². The Balaban J connectivity index is 0.00000116. The van der Waals surface area contributed by atoms with Crippen LogP contribution < -0.4 is 4.74 Å². The number of aryl methyl sites for hydroxylation is 1. The average Bonchev–Trinajstić information content (AvgIpc) is 3.33. The molecular formula is C39H48F6N4O4S. The molecule has 3 aliphatic rings. The molecule has 1 aromatic carbocycles. The zero-order valence-electron chi connectivity index (χ0n) is 31.1. The predicted octanol–water partition coefficient (Wildman–Crippen LogP) is 9.00. The number of aromatic nitrogens is 2. The Morgan fingerprint density at radius 1 is 1.13 bits per heavy atom. The van der Waals surface area contributed by atoms with Crippen LogP contribution in [0, 0.1) is 24.7 Å². The Morgan fingerprint density at radius 2 is 1.80 bits per heavy atom. The molecule has 0 radical (unpaired) electrons. The minimum atomic E-state index is -4.69. The van der Waals surface area contributed by atoms with Crippen molar-refractivity contribution in [3.8, 4) is 17.6 Å². The number of ether oxygens (including phenoxy) is 1. The van der Waals surface area contributed by atoms with Gasteiger partial charge in [-0.1, -0.05) is 48.8 Å². The molecule has 1 aromatic heterocycles. The van der Waals surface area contributed by atoms with Crippen molar-refractivity contribution in [2.45, 2.75) is 77.4 Å². The number of benzene rings is 1. The average molecular weight is 783 g/mol. The molecule has 3 heterocycles. The number of para-hydroxylation sites is 1. The summed E-state index contributed by atoms with van der Waals surface area (Å²) in [4.78, 5) is 13.5. The third-order valence-electron chi connectivity index (χ3n) is 8.36. The number of carboxylic acids is 1. The Kier molecular flexibility index (Phi) is 19.8. The lowest BCUT2D eigenvalue weighted by atomic mass is 9.97. The SMILES string of the molecule is CC(=O)O.CF.CF.C\C=C/C(=C\C=C\C1CCN(S(=O)C2CCC2)CC1)COc1c(C2=NC(n3ncc(C)c3CF)=CCC#C2)cccc1C(F)(F)F. The Bertz CT molecular complexity index is 1760. The van der Waals surface area contributed by atoms with Crippen molar-refractivity contribution >= 4 is 28.5 Å². The highest BCUT2D eigenvalue weighted by Gasteiger charge is 2.36. The fourth-order valence-corrected chi connectivity index (χ4v) is 7.26. The van der Waals surface area contributed by atoms with E-state index < -0.39 is 35.4 Å². The first-order valence-electron chi connectivity index (χ1n) is 17.2. The van der Waals surface area contributed by atoms with Gasteiger partial charge in [0, 0.05) is 31.7 Å². The van der Waals surface area contributed by atoms with Gasteiger partial charge in [0.1, 0.15) is 24.7 Å². The third-order valence-corrected chi connectivity index (χ3v) is 10.3. The standard InChI is InChI=1S/C35H38F4N4O2S.C2H4O2.2CH3F/c1-3-9-27(11-6-10-26-18-20-42(21-19-26)46(44)28-12-7-13-28)24-45-34-29(14-8-15-30(34)35(37,38)39)31-16-4-5-17-33(41-31)43-32(22-36)25(2)23-40-43;1-2(3)4;2*1-2/h3,6,8-11,14-15,17,23,26,28H,5,7,12-13,18-22,24H2,1-2H3;1H3,(H,3,4);2*1H3/b9-3-,10-6+,27-11+;;;. The first kappa shape index (κ1) is 45.7. The van der Waals surface area contributed by atoms with E-state index in [-0.39, 0.29) is 35.9 Å². The van der Waals surface area contributed by atoms with Gasteiger partial charge in [0.15, 0.2) is 5.82 Å². The normalized spacial score (nSPS) is 17.2. The van der Waals surface area contributed by atoms with Crippen molar-refractivity contribution in [2.75, 3.05) is 34.1 Å². The van der Waals surface area contributed by atoms with Crippen molar-refractivity contribution in [2.24, 2.45) is 10.9 Å². The molecule has 54 heavy (non-hydrogen) atoms. The molecule has 5 rings (SSSR count). The predicted molar refractivity (Wildman–Crippen MR) is 201 cm³/mol. The summed E-state index contributed by atoms with van der Waals surface area (Å²) in [5.74, 6) is 5.16. The molecule has 1 saturated heterocycles. The van der Waals surface area contributed by atoms with Crippen LogP contribution in [0.1, 0.15) is 74.8 Å². The molecule has 296 valence electrons. The summed E-state index contributed by atoms with van der Waals surface area (Å²) < 4.78 is 97.6. The maximum absolute atomic E-state index is 14.3. The number of aliphatic carboxylic acids is 1. The molecule has 1 saturated carbocycles. The molecule has 1 unspecified atom stereocenters. The number of aliphatic imine (C=N–C) groups is 1. The second-order valence-corrected chi connectivity index (χ2v) is 13.8. The first-order chi connectivity index (χ1) is 25.9. The maximum atomic E-state index is 14.3. The molecule has 1 aliphatic carbocycles. The number of allylic oxidation sites excluding steroid dienone is 5. The second-order valence-electron chi connectivity index (χ2n) is 12.1. The lowest BCUT2D eigenvalue weighted by Crippen LogP contribution is -2.41. The largest absolute Gasteiger partial charge is 0.488 e. The van der Waals surface area contributed by atoms with Crippen LogP contribution in [0.25, 0.3) is 5.82 Å². The van der Waals surface area contributed by atoms with E-state index in [2.05, 4.69) is 32.3 Å². The van der Waals surface area contributed by atoms with E-state index in [9.17, 15) is 30.6 Å². The second kappa shape index (κ2) is 23.4. The molecule has 2 fully saturated rings. The van der Waals surface area contributed by atoms with Crippen molar-refractivity contribution in [1.29, 1.82) is 0 Å². The van der Waals surface area contributed by atoms with E-state index in [1.807, 2.05) is 19.1 Å².